The summed E-state index contributed by atoms with van der Waals surface area (Å²) in [7, 11) is 0. The standard InChI is InChI=1S/C22H47NO5/c1-3-5-7-9-15-25-19-21-27-17-12-23(11-14-24)13-18-28-22-20-26-16-10-8-6-4-2/h24H,3-22H2,1-2H3. The summed E-state index contributed by atoms with van der Waals surface area (Å²) in [6.07, 6.45) is 9.87. The third-order valence-electron chi connectivity index (χ3n) is 4.55. The highest BCUT2D eigenvalue weighted by atomic mass is 16.5. The summed E-state index contributed by atoms with van der Waals surface area (Å²) >= 11 is 0. The van der Waals surface area contributed by atoms with E-state index in [2.05, 4.69) is 18.7 Å². The summed E-state index contributed by atoms with van der Waals surface area (Å²) in [6, 6.07) is 0. The molecule has 0 aromatic rings. The number of aliphatic hydroxyl groups excluding tert-OH is 1. The summed E-state index contributed by atoms with van der Waals surface area (Å²) in [6.45, 7) is 12.4. The number of aliphatic hydroxyl groups is 1. The Hall–Kier alpha value is -0.240. The Bertz CT molecular complexity index is 258. The van der Waals surface area contributed by atoms with Crippen molar-refractivity contribution in [2.75, 3.05) is 79.1 Å². The Balaban J connectivity index is 3.41. The molecular formula is C22H47NO5. The molecule has 6 nitrogen and oxygen atoms in total. The third kappa shape index (κ3) is 22.1. The van der Waals surface area contributed by atoms with Gasteiger partial charge in [-0.05, 0) is 12.8 Å². The van der Waals surface area contributed by atoms with E-state index in [0.29, 0.717) is 46.2 Å². The fourth-order valence-electron chi connectivity index (χ4n) is 2.77. The molecule has 6 heteroatoms. The largest absolute Gasteiger partial charge is 0.395 e. The molecule has 0 aliphatic carbocycles. The molecule has 0 aliphatic heterocycles. The van der Waals surface area contributed by atoms with Crippen LogP contribution in [0.25, 0.3) is 0 Å². The minimum Gasteiger partial charge on any atom is -0.395 e. The average Bonchev–Trinajstić information content (AvgIpc) is 2.70. The van der Waals surface area contributed by atoms with Crippen molar-refractivity contribution in [2.24, 2.45) is 0 Å². The Labute approximate surface area is 173 Å². The number of unbranched alkanes of at least 4 members (excludes halogenated alkanes) is 6. The summed E-state index contributed by atoms with van der Waals surface area (Å²) < 4.78 is 22.4. The van der Waals surface area contributed by atoms with Crippen molar-refractivity contribution in [1.29, 1.82) is 0 Å². The van der Waals surface area contributed by atoms with Crippen molar-refractivity contribution in [3.05, 3.63) is 0 Å². The predicted molar refractivity (Wildman–Crippen MR) is 115 cm³/mol. The van der Waals surface area contributed by atoms with Crippen molar-refractivity contribution in [3.8, 4) is 0 Å². The molecule has 0 aromatic heterocycles. The van der Waals surface area contributed by atoms with E-state index in [1.54, 1.807) is 0 Å². The maximum atomic E-state index is 9.20. The summed E-state index contributed by atoms with van der Waals surface area (Å²) in [5, 5.41) is 9.20. The zero-order valence-corrected chi connectivity index (χ0v) is 18.7. The number of hydrogen-bond acceptors (Lipinski definition) is 6. The highest BCUT2D eigenvalue weighted by Gasteiger charge is 2.04. The lowest BCUT2D eigenvalue weighted by atomic mass is 10.2. The number of rotatable bonds is 24. The Morgan fingerprint density at radius 3 is 1.32 bits per heavy atom. The van der Waals surface area contributed by atoms with Gasteiger partial charge in [0.1, 0.15) is 0 Å². The van der Waals surface area contributed by atoms with Crippen molar-refractivity contribution >= 4 is 0 Å². The van der Waals surface area contributed by atoms with Crippen LogP contribution in [0.4, 0.5) is 0 Å². The lowest BCUT2D eigenvalue weighted by Crippen LogP contribution is -2.34. The van der Waals surface area contributed by atoms with Gasteiger partial charge in [-0.2, -0.15) is 0 Å². The molecule has 0 spiro atoms. The van der Waals surface area contributed by atoms with Crippen molar-refractivity contribution in [3.63, 3.8) is 0 Å². The van der Waals surface area contributed by atoms with E-state index >= 15 is 0 Å². The minimum absolute atomic E-state index is 0.155. The summed E-state index contributed by atoms with van der Waals surface area (Å²) in [4.78, 5) is 2.16. The second kappa shape index (κ2) is 24.8. The van der Waals surface area contributed by atoms with Crippen LogP contribution in [0.2, 0.25) is 0 Å². The molecule has 0 bridgehead atoms. The topological polar surface area (TPSA) is 60.4 Å². The molecule has 0 aliphatic rings. The molecule has 28 heavy (non-hydrogen) atoms. The first-order valence-corrected chi connectivity index (χ1v) is 11.5. The summed E-state index contributed by atoms with van der Waals surface area (Å²) in [5.41, 5.74) is 0. The number of hydrogen-bond donors (Lipinski definition) is 1. The van der Waals surface area contributed by atoms with Gasteiger partial charge in [0, 0.05) is 32.8 Å². The average molecular weight is 406 g/mol. The van der Waals surface area contributed by atoms with Gasteiger partial charge >= 0.3 is 0 Å². The van der Waals surface area contributed by atoms with Crippen LogP contribution in [0.15, 0.2) is 0 Å². The fourth-order valence-corrected chi connectivity index (χ4v) is 2.77. The number of nitrogens with zero attached hydrogens (tertiary/aromatic N) is 1. The van der Waals surface area contributed by atoms with Crippen LogP contribution in [0, 0.1) is 0 Å². The lowest BCUT2D eigenvalue weighted by molar-refractivity contribution is 0.0204. The lowest BCUT2D eigenvalue weighted by Gasteiger charge is -2.21. The molecule has 0 saturated carbocycles. The summed E-state index contributed by atoms with van der Waals surface area (Å²) in [5.74, 6) is 0. The molecule has 0 rings (SSSR count). The second-order valence-electron chi connectivity index (χ2n) is 7.14. The van der Waals surface area contributed by atoms with E-state index < -0.39 is 0 Å². The SMILES string of the molecule is CCCCCCOCCOCCN(CCO)CCOCCOCCCCCC. The maximum absolute atomic E-state index is 9.20. The van der Waals surface area contributed by atoms with E-state index in [-0.39, 0.29) is 6.61 Å². The van der Waals surface area contributed by atoms with Crippen LogP contribution in [0.5, 0.6) is 0 Å². The van der Waals surface area contributed by atoms with Crippen LogP contribution in [-0.2, 0) is 18.9 Å². The van der Waals surface area contributed by atoms with E-state index in [1.165, 1.54) is 38.5 Å². The quantitative estimate of drug-likeness (QED) is 0.248. The predicted octanol–water partition coefficient (Wildman–Crippen LogP) is 3.51. The monoisotopic (exact) mass is 405 g/mol. The molecule has 0 aromatic carbocycles. The van der Waals surface area contributed by atoms with Crippen LogP contribution in [0.1, 0.15) is 65.2 Å². The molecule has 0 unspecified atom stereocenters. The van der Waals surface area contributed by atoms with Crippen LogP contribution >= 0.6 is 0 Å². The molecule has 0 saturated heterocycles. The van der Waals surface area contributed by atoms with E-state index in [9.17, 15) is 5.11 Å². The van der Waals surface area contributed by atoms with Gasteiger partial charge in [-0.1, -0.05) is 52.4 Å². The Morgan fingerprint density at radius 2 is 0.929 bits per heavy atom. The highest BCUT2D eigenvalue weighted by Crippen LogP contribution is 1.99. The van der Waals surface area contributed by atoms with Gasteiger partial charge in [0.05, 0.1) is 46.2 Å². The molecule has 170 valence electrons. The Morgan fingerprint density at radius 1 is 0.500 bits per heavy atom. The minimum atomic E-state index is 0.155. The van der Waals surface area contributed by atoms with E-state index in [1.807, 2.05) is 0 Å². The van der Waals surface area contributed by atoms with Crippen molar-refractivity contribution in [1.82, 2.24) is 4.90 Å². The normalized spacial score (nSPS) is 11.6. The molecular weight excluding hydrogens is 358 g/mol. The third-order valence-corrected chi connectivity index (χ3v) is 4.55. The Kier molecular flexibility index (Phi) is 24.6. The van der Waals surface area contributed by atoms with Gasteiger partial charge in [-0.15, -0.1) is 0 Å². The van der Waals surface area contributed by atoms with Gasteiger partial charge in [0.25, 0.3) is 0 Å². The second-order valence-corrected chi connectivity index (χ2v) is 7.14. The molecule has 1 N–H and O–H groups in total. The van der Waals surface area contributed by atoms with Crippen LogP contribution < -0.4 is 0 Å². The highest BCUT2D eigenvalue weighted by molar-refractivity contribution is 4.56. The zero-order chi connectivity index (χ0) is 20.5. The first-order valence-electron chi connectivity index (χ1n) is 11.5. The van der Waals surface area contributed by atoms with Crippen LogP contribution in [-0.4, -0.2) is 89.1 Å². The number of ether oxygens (including phenoxy) is 4. The van der Waals surface area contributed by atoms with Gasteiger partial charge < -0.3 is 24.1 Å². The molecule has 0 heterocycles. The van der Waals surface area contributed by atoms with Gasteiger partial charge in [-0.3, -0.25) is 4.90 Å². The maximum Gasteiger partial charge on any atom is 0.0701 e. The van der Waals surface area contributed by atoms with E-state index in [0.717, 1.165) is 39.1 Å². The van der Waals surface area contributed by atoms with Gasteiger partial charge in [0.15, 0.2) is 0 Å². The van der Waals surface area contributed by atoms with Crippen molar-refractivity contribution < 1.29 is 24.1 Å². The first kappa shape index (κ1) is 27.8. The van der Waals surface area contributed by atoms with Crippen LogP contribution in [0.3, 0.4) is 0 Å². The first-order chi connectivity index (χ1) is 13.8. The van der Waals surface area contributed by atoms with Gasteiger partial charge in [-0.25, -0.2) is 0 Å². The van der Waals surface area contributed by atoms with Gasteiger partial charge in [0.2, 0.25) is 0 Å². The van der Waals surface area contributed by atoms with E-state index in [4.69, 9.17) is 18.9 Å². The molecule has 0 atom stereocenters. The molecule has 0 fully saturated rings. The molecule has 0 radical (unpaired) electrons. The smallest absolute Gasteiger partial charge is 0.0701 e. The van der Waals surface area contributed by atoms with Crippen molar-refractivity contribution in [2.45, 2.75) is 65.2 Å². The fraction of sp³-hybridized carbons (Fsp3) is 1.00. The molecule has 0 amide bonds. The zero-order valence-electron chi connectivity index (χ0n) is 18.7.